The van der Waals surface area contributed by atoms with E-state index in [2.05, 4.69) is 49.4 Å². The number of hydrogen-bond acceptors (Lipinski definition) is 8. The fourth-order valence-electron chi connectivity index (χ4n) is 5.32. The van der Waals surface area contributed by atoms with Crippen LogP contribution < -0.4 is 15.0 Å². The highest BCUT2D eigenvalue weighted by atomic mass is 32.1. The fraction of sp³-hybridized carbons (Fsp3) is 0.111. The van der Waals surface area contributed by atoms with Gasteiger partial charge in [0.1, 0.15) is 17.1 Å². The van der Waals surface area contributed by atoms with E-state index in [1.807, 2.05) is 60.7 Å². The van der Waals surface area contributed by atoms with Crippen LogP contribution in [0.25, 0.3) is 33.8 Å². The van der Waals surface area contributed by atoms with Gasteiger partial charge in [-0.15, -0.1) is 0 Å². The molecule has 0 saturated carbocycles. The predicted octanol–water partition coefficient (Wildman–Crippen LogP) is 6.49. The standard InChI is InChI=1S/C36H29N7O2S/c44-35(25-12-15-28(16-13-25)45-36(46)43-22-20-42(21-23-43)27-8-2-1-3-9-27)39-26-14-17-29-32(24-26)41-34(31-11-5-7-19-38-31)33(40-29)30-10-4-6-18-37-30/h1-19,24H,20-23H2,(H,39,44). The minimum Gasteiger partial charge on any atom is -0.432 e. The first-order chi connectivity index (χ1) is 22.6. The van der Waals surface area contributed by atoms with Gasteiger partial charge in [-0.05, 0) is 91.1 Å². The lowest BCUT2D eigenvalue weighted by atomic mass is 10.1. The summed E-state index contributed by atoms with van der Waals surface area (Å²) in [4.78, 5) is 36.3. The molecule has 226 valence electrons. The number of carbonyl (C=O) groups excluding carboxylic acids is 1. The number of thiocarbonyl (C=S) groups is 1. The predicted molar refractivity (Wildman–Crippen MR) is 184 cm³/mol. The van der Waals surface area contributed by atoms with E-state index in [0.717, 1.165) is 26.2 Å². The Balaban J connectivity index is 1.02. The number of pyridine rings is 2. The molecule has 6 aromatic rings. The molecule has 1 N–H and O–H groups in total. The van der Waals surface area contributed by atoms with Crippen molar-refractivity contribution in [3.05, 3.63) is 127 Å². The fourth-order valence-corrected chi connectivity index (χ4v) is 5.60. The first-order valence-corrected chi connectivity index (χ1v) is 15.3. The van der Waals surface area contributed by atoms with E-state index in [9.17, 15) is 4.79 Å². The lowest BCUT2D eigenvalue weighted by Crippen LogP contribution is -2.49. The Morgan fingerprint density at radius 3 is 1.96 bits per heavy atom. The van der Waals surface area contributed by atoms with Gasteiger partial charge in [-0.1, -0.05) is 30.3 Å². The van der Waals surface area contributed by atoms with Gasteiger partial charge in [-0.2, -0.15) is 0 Å². The Kier molecular flexibility index (Phi) is 8.25. The number of benzene rings is 3. The van der Waals surface area contributed by atoms with Gasteiger partial charge >= 0.3 is 0 Å². The van der Waals surface area contributed by atoms with Gasteiger partial charge in [0.2, 0.25) is 0 Å². The molecule has 7 rings (SSSR count). The van der Waals surface area contributed by atoms with Crippen molar-refractivity contribution in [2.24, 2.45) is 0 Å². The zero-order valence-corrected chi connectivity index (χ0v) is 25.6. The number of nitrogens with zero attached hydrogens (tertiary/aromatic N) is 6. The molecule has 3 aromatic carbocycles. The highest BCUT2D eigenvalue weighted by Crippen LogP contribution is 2.30. The summed E-state index contributed by atoms with van der Waals surface area (Å²) >= 11 is 5.58. The molecule has 1 saturated heterocycles. The molecule has 3 aromatic heterocycles. The summed E-state index contributed by atoms with van der Waals surface area (Å²) in [6, 6.07) is 34.1. The molecule has 0 radical (unpaired) electrons. The van der Waals surface area contributed by atoms with Crippen LogP contribution in [0.15, 0.2) is 122 Å². The van der Waals surface area contributed by atoms with E-state index in [0.29, 0.717) is 56.0 Å². The summed E-state index contributed by atoms with van der Waals surface area (Å²) in [7, 11) is 0. The number of piperazine rings is 1. The van der Waals surface area contributed by atoms with Crippen LogP contribution in [-0.4, -0.2) is 62.1 Å². The van der Waals surface area contributed by atoms with E-state index >= 15 is 0 Å². The third kappa shape index (κ3) is 6.38. The minimum atomic E-state index is -0.256. The highest BCUT2D eigenvalue weighted by molar-refractivity contribution is 7.80. The molecule has 46 heavy (non-hydrogen) atoms. The van der Waals surface area contributed by atoms with Crippen molar-refractivity contribution in [2.75, 3.05) is 36.4 Å². The molecule has 0 atom stereocenters. The van der Waals surface area contributed by atoms with Crippen LogP contribution in [-0.2, 0) is 0 Å². The third-order valence-electron chi connectivity index (χ3n) is 7.72. The molecule has 1 amide bonds. The van der Waals surface area contributed by atoms with Crippen molar-refractivity contribution in [1.29, 1.82) is 0 Å². The van der Waals surface area contributed by atoms with Crippen LogP contribution in [0.2, 0.25) is 0 Å². The van der Waals surface area contributed by atoms with E-state index < -0.39 is 0 Å². The molecular formula is C36H29N7O2S. The number of nitrogens with one attached hydrogen (secondary N) is 1. The van der Waals surface area contributed by atoms with Gasteiger partial charge in [0.15, 0.2) is 0 Å². The molecule has 4 heterocycles. The van der Waals surface area contributed by atoms with E-state index in [-0.39, 0.29) is 5.91 Å². The normalized spacial score (nSPS) is 13.0. The number of aromatic nitrogens is 4. The topological polar surface area (TPSA) is 96.4 Å². The van der Waals surface area contributed by atoms with Crippen molar-refractivity contribution in [2.45, 2.75) is 0 Å². The molecule has 9 nitrogen and oxygen atoms in total. The maximum atomic E-state index is 13.2. The lowest BCUT2D eigenvalue weighted by Gasteiger charge is -2.36. The van der Waals surface area contributed by atoms with Gasteiger partial charge in [0.05, 0.1) is 22.4 Å². The average Bonchev–Trinajstić information content (AvgIpc) is 3.12. The number of fused-ring (bicyclic) bond motifs is 1. The van der Waals surface area contributed by atoms with E-state index in [1.54, 1.807) is 36.7 Å². The molecule has 1 fully saturated rings. The maximum Gasteiger partial charge on any atom is 0.264 e. The Hall–Kier alpha value is -5.74. The number of amides is 1. The molecule has 10 heteroatoms. The van der Waals surface area contributed by atoms with Gasteiger partial charge in [0, 0.05) is 55.5 Å². The van der Waals surface area contributed by atoms with Crippen LogP contribution in [0.3, 0.4) is 0 Å². The molecule has 0 bridgehead atoms. The van der Waals surface area contributed by atoms with Crippen LogP contribution in [0.5, 0.6) is 5.75 Å². The second-order valence-corrected chi connectivity index (χ2v) is 11.1. The van der Waals surface area contributed by atoms with Gasteiger partial charge in [-0.3, -0.25) is 14.8 Å². The van der Waals surface area contributed by atoms with Crippen molar-refractivity contribution in [1.82, 2.24) is 24.8 Å². The summed E-state index contributed by atoms with van der Waals surface area (Å²) in [6.45, 7) is 3.28. The van der Waals surface area contributed by atoms with Crippen LogP contribution >= 0.6 is 12.2 Å². The first kappa shape index (κ1) is 29.0. The Morgan fingerprint density at radius 2 is 1.33 bits per heavy atom. The maximum absolute atomic E-state index is 13.2. The molecular weight excluding hydrogens is 595 g/mol. The zero-order valence-electron chi connectivity index (χ0n) is 24.8. The van der Waals surface area contributed by atoms with Crippen LogP contribution in [0.4, 0.5) is 11.4 Å². The number of anilines is 2. The van der Waals surface area contributed by atoms with Gasteiger partial charge in [0.25, 0.3) is 11.1 Å². The quantitative estimate of drug-likeness (QED) is 0.209. The van der Waals surface area contributed by atoms with E-state index in [4.69, 9.17) is 26.9 Å². The number of ether oxygens (including phenoxy) is 1. The first-order valence-electron chi connectivity index (χ1n) is 14.9. The SMILES string of the molecule is O=C(Nc1ccc2nc(-c3ccccn3)c(-c3ccccn3)nc2c1)c1ccc(OC(=S)N2CCN(c3ccccc3)CC2)cc1. The molecule has 0 aliphatic carbocycles. The smallest absolute Gasteiger partial charge is 0.264 e. The van der Waals surface area contributed by atoms with Gasteiger partial charge < -0.3 is 19.9 Å². The molecule has 0 unspecified atom stereocenters. The monoisotopic (exact) mass is 623 g/mol. The van der Waals surface area contributed by atoms with Crippen LogP contribution in [0.1, 0.15) is 10.4 Å². The van der Waals surface area contributed by atoms with Crippen LogP contribution in [0, 0.1) is 0 Å². The number of carbonyl (C=O) groups is 1. The summed E-state index contributed by atoms with van der Waals surface area (Å²) in [6.07, 6.45) is 3.44. The lowest BCUT2D eigenvalue weighted by molar-refractivity contribution is 0.102. The third-order valence-corrected chi connectivity index (χ3v) is 8.06. The Bertz CT molecular complexity index is 1990. The summed E-state index contributed by atoms with van der Waals surface area (Å²) in [5.41, 5.74) is 6.24. The second kappa shape index (κ2) is 13.1. The largest absolute Gasteiger partial charge is 0.432 e. The van der Waals surface area contributed by atoms with E-state index in [1.165, 1.54) is 5.69 Å². The van der Waals surface area contributed by atoms with Crippen molar-refractivity contribution in [3.63, 3.8) is 0 Å². The van der Waals surface area contributed by atoms with Crippen molar-refractivity contribution < 1.29 is 9.53 Å². The van der Waals surface area contributed by atoms with Crippen molar-refractivity contribution >= 4 is 45.7 Å². The molecule has 1 aliphatic rings. The van der Waals surface area contributed by atoms with Gasteiger partial charge in [-0.25, -0.2) is 9.97 Å². The summed E-state index contributed by atoms with van der Waals surface area (Å²) in [5, 5.41) is 3.40. The Morgan fingerprint density at radius 1 is 0.696 bits per heavy atom. The zero-order chi connectivity index (χ0) is 31.3. The average molecular weight is 624 g/mol. The number of para-hydroxylation sites is 1. The highest BCUT2D eigenvalue weighted by Gasteiger charge is 2.21. The summed E-state index contributed by atoms with van der Waals surface area (Å²) in [5.74, 6) is 0.326. The Labute approximate surface area is 271 Å². The minimum absolute atomic E-state index is 0.256. The summed E-state index contributed by atoms with van der Waals surface area (Å²) < 4.78 is 5.97. The molecule has 0 spiro atoms. The number of hydrogen-bond donors (Lipinski definition) is 1. The number of rotatable bonds is 6. The van der Waals surface area contributed by atoms with Crippen molar-refractivity contribution in [3.8, 4) is 28.5 Å². The second-order valence-electron chi connectivity index (χ2n) is 10.7. The molecule has 1 aliphatic heterocycles.